The molecule has 21 heavy (non-hydrogen) atoms. The Morgan fingerprint density at radius 3 is 2.33 bits per heavy atom. The number of rotatable bonds is 3. The second-order valence-electron chi connectivity index (χ2n) is 5.45. The number of carbonyl (C=O) groups is 1. The molecule has 2 rings (SSSR count). The monoisotopic (exact) mass is 338 g/mol. The summed E-state index contributed by atoms with van der Waals surface area (Å²) in [5.74, 6) is -1.63. The fourth-order valence-corrected chi connectivity index (χ4v) is 3.15. The van der Waals surface area contributed by atoms with E-state index < -0.39 is 12.1 Å². The minimum atomic E-state index is -4.15. The first-order valence-electron chi connectivity index (χ1n) is 6.81. The lowest BCUT2D eigenvalue weighted by atomic mass is 9.78. The van der Waals surface area contributed by atoms with Gasteiger partial charge in [-0.25, -0.2) is 0 Å². The van der Waals surface area contributed by atoms with Gasteiger partial charge < -0.3 is 0 Å². The molecule has 1 aliphatic carbocycles. The molecular weight excluding hydrogens is 324 g/mol. The van der Waals surface area contributed by atoms with Crippen molar-refractivity contribution in [3.8, 4) is 0 Å². The summed E-state index contributed by atoms with van der Waals surface area (Å²) in [7, 11) is 0. The van der Waals surface area contributed by atoms with Crippen LogP contribution in [0.3, 0.4) is 0 Å². The van der Waals surface area contributed by atoms with Crippen molar-refractivity contribution in [3.63, 3.8) is 0 Å². The Morgan fingerprint density at radius 2 is 1.76 bits per heavy atom. The normalized spacial score (nSPS) is 23.1. The Balaban J connectivity index is 1.95. The zero-order chi connectivity index (χ0) is 15.6. The van der Waals surface area contributed by atoms with Crippen LogP contribution < -0.4 is 0 Å². The number of ketones is 1. The minimum Gasteiger partial charge on any atom is -0.299 e. The molecule has 0 heterocycles. The summed E-state index contributed by atoms with van der Waals surface area (Å²) in [6.07, 6.45) is -3.38. The second-order valence-corrected chi connectivity index (χ2v) is 6.23. The average molecular weight is 339 g/mol. The SMILES string of the molecule is O=C(Cc1cccc(Cl)c1Cl)C1CCC(C(F)(F)F)CC1. The van der Waals surface area contributed by atoms with Gasteiger partial charge in [0.25, 0.3) is 0 Å². The molecular formula is C15H15Cl2F3O. The third kappa shape index (κ3) is 4.13. The first kappa shape index (κ1) is 16.6. The highest BCUT2D eigenvalue weighted by atomic mass is 35.5. The van der Waals surface area contributed by atoms with Gasteiger partial charge in [-0.1, -0.05) is 35.3 Å². The Labute approximate surface area is 131 Å². The van der Waals surface area contributed by atoms with Crippen molar-refractivity contribution < 1.29 is 18.0 Å². The van der Waals surface area contributed by atoms with Crippen LogP contribution in [0.4, 0.5) is 13.2 Å². The molecule has 0 saturated heterocycles. The minimum absolute atomic E-state index is 0.0309. The first-order valence-corrected chi connectivity index (χ1v) is 7.57. The molecule has 1 aromatic carbocycles. The Bertz CT molecular complexity index is 520. The van der Waals surface area contributed by atoms with Gasteiger partial charge in [0.1, 0.15) is 5.78 Å². The van der Waals surface area contributed by atoms with Gasteiger partial charge in [0.15, 0.2) is 0 Å². The standard InChI is InChI=1S/C15H15Cl2F3O/c16-12-3-1-2-10(14(12)17)8-13(21)9-4-6-11(7-5-9)15(18,19)20/h1-3,9,11H,4-8H2. The van der Waals surface area contributed by atoms with Crippen LogP contribution in [-0.4, -0.2) is 12.0 Å². The topological polar surface area (TPSA) is 17.1 Å². The van der Waals surface area contributed by atoms with Crippen molar-refractivity contribution in [1.82, 2.24) is 0 Å². The van der Waals surface area contributed by atoms with Gasteiger partial charge in [-0.05, 0) is 37.3 Å². The fraction of sp³-hybridized carbons (Fsp3) is 0.533. The Morgan fingerprint density at radius 1 is 1.14 bits per heavy atom. The number of benzene rings is 1. The van der Waals surface area contributed by atoms with Crippen molar-refractivity contribution >= 4 is 29.0 Å². The van der Waals surface area contributed by atoms with Gasteiger partial charge in [0.2, 0.25) is 0 Å². The van der Waals surface area contributed by atoms with E-state index in [4.69, 9.17) is 23.2 Å². The summed E-state index contributed by atoms with van der Waals surface area (Å²) in [4.78, 5) is 12.2. The van der Waals surface area contributed by atoms with Crippen LogP contribution in [0.1, 0.15) is 31.2 Å². The van der Waals surface area contributed by atoms with Gasteiger partial charge in [-0.15, -0.1) is 0 Å². The summed E-state index contributed by atoms with van der Waals surface area (Å²) in [6.45, 7) is 0. The molecule has 0 radical (unpaired) electrons. The predicted octanol–water partition coefficient (Wildman–Crippen LogP) is 5.47. The summed E-state index contributed by atoms with van der Waals surface area (Å²) in [6, 6.07) is 5.05. The zero-order valence-electron chi connectivity index (χ0n) is 11.2. The predicted molar refractivity (Wildman–Crippen MR) is 76.7 cm³/mol. The van der Waals surface area contributed by atoms with E-state index in [1.165, 1.54) is 0 Å². The molecule has 0 aromatic heterocycles. The molecule has 0 aliphatic heterocycles. The highest BCUT2D eigenvalue weighted by Crippen LogP contribution is 2.40. The molecule has 0 spiro atoms. The molecule has 0 unspecified atom stereocenters. The average Bonchev–Trinajstić information content (AvgIpc) is 2.43. The zero-order valence-corrected chi connectivity index (χ0v) is 12.7. The van der Waals surface area contributed by atoms with Crippen LogP contribution in [0.15, 0.2) is 18.2 Å². The molecule has 1 saturated carbocycles. The van der Waals surface area contributed by atoms with Crippen LogP contribution in [0.25, 0.3) is 0 Å². The number of alkyl halides is 3. The third-order valence-corrected chi connectivity index (χ3v) is 4.90. The van der Waals surface area contributed by atoms with E-state index >= 15 is 0 Å². The number of Topliss-reactive ketones (excluding diaryl/α,β-unsaturated/α-hetero) is 1. The van der Waals surface area contributed by atoms with E-state index in [0.29, 0.717) is 28.5 Å². The van der Waals surface area contributed by atoms with Crippen molar-refractivity contribution in [2.75, 3.05) is 0 Å². The molecule has 6 heteroatoms. The summed E-state index contributed by atoms with van der Waals surface area (Å²) < 4.78 is 37.8. The van der Waals surface area contributed by atoms with E-state index in [9.17, 15) is 18.0 Å². The number of hydrogen-bond donors (Lipinski definition) is 0. The maximum atomic E-state index is 12.6. The van der Waals surface area contributed by atoms with Crippen molar-refractivity contribution in [1.29, 1.82) is 0 Å². The van der Waals surface area contributed by atoms with Crippen LogP contribution in [0.2, 0.25) is 10.0 Å². The maximum absolute atomic E-state index is 12.6. The van der Waals surface area contributed by atoms with E-state index in [0.717, 1.165) is 0 Å². The highest BCUT2D eigenvalue weighted by molar-refractivity contribution is 6.42. The lowest BCUT2D eigenvalue weighted by Crippen LogP contribution is -2.30. The first-order chi connectivity index (χ1) is 9.79. The molecule has 0 amide bonds. The molecule has 1 nitrogen and oxygen atoms in total. The largest absolute Gasteiger partial charge is 0.391 e. The second kappa shape index (κ2) is 6.57. The van der Waals surface area contributed by atoms with Gasteiger partial charge >= 0.3 is 6.18 Å². The van der Waals surface area contributed by atoms with E-state index in [2.05, 4.69) is 0 Å². The smallest absolute Gasteiger partial charge is 0.299 e. The van der Waals surface area contributed by atoms with Crippen LogP contribution >= 0.6 is 23.2 Å². The fourth-order valence-electron chi connectivity index (χ4n) is 2.76. The van der Waals surface area contributed by atoms with Crippen molar-refractivity contribution in [3.05, 3.63) is 33.8 Å². The molecule has 1 fully saturated rings. The molecule has 0 atom stereocenters. The Hall–Kier alpha value is -0.740. The van der Waals surface area contributed by atoms with Gasteiger partial charge in [-0.2, -0.15) is 13.2 Å². The molecule has 0 N–H and O–H groups in total. The molecule has 116 valence electrons. The number of carbonyl (C=O) groups excluding carboxylic acids is 1. The highest BCUT2D eigenvalue weighted by Gasteiger charge is 2.42. The van der Waals surface area contributed by atoms with Gasteiger partial charge in [-0.3, -0.25) is 4.79 Å². The summed E-state index contributed by atoms with van der Waals surface area (Å²) >= 11 is 11.9. The molecule has 0 bridgehead atoms. The van der Waals surface area contributed by atoms with E-state index in [1.54, 1.807) is 18.2 Å². The van der Waals surface area contributed by atoms with Crippen LogP contribution in [0.5, 0.6) is 0 Å². The number of hydrogen-bond acceptors (Lipinski definition) is 1. The lowest BCUT2D eigenvalue weighted by molar-refractivity contribution is -0.184. The molecule has 1 aliphatic rings. The number of halogens is 5. The Kier molecular flexibility index (Phi) is 5.20. The quantitative estimate of drug-likeness (QED) is 0.713. The summed E-state index contributed by atoms with van der Waals surface area (Å²) in [5.41, 5.74) is 0.632. The van der Waals surface area contributed by atoms with E-state index in [1.807, 2.05) is 0 Å². The van der Waals surface area contributed by atoms with Crippen molar-refractivity contribution in [2.45, 2.75) is 38.3 Å². The van der Waals surface area contributed by atoms with Crippen molar-refractivity contribution in [2.24, 2.45) is 11.8 Å². The van der Waals surface area contributed by atoms with Gasteiger partial charge in [0, 0.05) is 12.3 Å². The lowest BCUT2D eigenvalue weighted by Gasteiger charge is -2.29. The molecule has 1 aromatic rings. The maximum Gasteiger partial charge on any atom is 0.391 e. The van der Waals surface area contributed by atoms with E-state index in [-0.39, 0.29) is 31.0 Å². The van der Waals surface area contributed by atoms with Crippen LogP contribution in [0, 0.1) is 11.8 Å². The third-order valence-electron chi connectivity index (χ3n) is 4.04. The van der Waals surface area contributed by atoms with Gasteiger partial charge in [0.05, 0.1) is 16.0 Å². The summed E-state index contributed by atoms with van der Waals surface area (Å²) in [5, 5.41) is 0.722. The van der Waals surface area contributed by atoms with Crippen LogP contribution in [-0.2, 0) is 11.2 Å².